The topological polar surface area (TPSA) is 77.5 Å². The summed E-state index contributed by atoms with van der Waals surface area (Å²) in [5.74, 6) is 1.94. The number of hydrogen-bond acceptors (Lipinski definition) is 7. The van der Waals surface area contributed by atoms with Crippen LogP contribution in [0.2, 0.25) is 5.02 Å². The van der Waals surface area contributed by atoms with Crippen LogP contribution in [0, 0.1) is 17.8 Å². The van der Waals surface area contributed by atoms with E-state index in [1.807, 2.05) is 46.0 Å². The molecule has 1 spiro atoms. The summed E-state index contributed by atoms with van der Waals surface area (Å²) in [5.41, 5.74) is 3.47. The fourth-order valence-corrected chi connectivity index (χ4v) is 8.42. The number of carbonyl (C=O) groups is 2. The van der Waals surface area contributed by atoms with E-state index >= 15 is 0 Å². The molecular weight excluding hydrogens is 616 g/mol. The lowest BCUT2D eigenvalue weighted by Gasteiger charge is -2.48. The molecule has 1 saturated carbocycles. The first-order valence-corrected chi connectivity index (χ1v) is 17.8. The van der Waals surface area contributed by atoms with Gasteiger partial charge in [0.05, 0.1) is 31.1 Å². The van der Waals surface area contributed by atoms with Gasteiger partial charge in [0.25, 0.3) is 0 Å². The van der Waals surface area contributed by atoms with E-state index in [2.05, 4.69) is 17.0 Å². The molecule has 2 aliphatic heterocycles. The van der Waals surface area contributed by atoms with E-state index in [9.17, 15) is 9.59 Å². The molecule has 0 radical (unpaired) electrons. The Morgan fingerprint density at radius 2 is 1.96 bits per heavy atom. The van der Waals surface area contributed by atoms with Crippen molar-refractivity contribution in [2.45, 2.75) is 89.3 Å². The van der Waals surface area contributed by atoms with Crippen molar-refractivity contribution in [3.05, 3.63) is 58.1 Å². The van der Waals surface area contributed by atoms with Gasteiger partial charge in [0, 0.05) is 43.7 Å². The van der Waals surface area contributed by atoms with Crippen LogP contribution in [-0.2, 0) is 26.0 Å². The molecule has 2 heterocycles. The van der Waals surface area contributed by atoms with Crippen LogP contribution in [0.4, 0.5) is 10.5 Å². The predicted octanol–water partition coefficient (Wildman–Crippen LogP) is 7.68. The highest BCUT2D eigenvalue weighted by molar-refractivity contribution is 6.30. The van der Waals surface area contributed by atoms with Crippen molar-refractivity contribution in [2.75, 3.05) is 51.9 Å². The molecule has 9 heteroatoms. The number of benzene rings is 2. The van der Waals surface area contributed by atoms with Gasteiger partial charge in [0.1, 0.15) is 11.4 Å². The van der Waals surface area contributed by atoms with E-state index in [-0.39, 0.29) is 23.6 Å². The molecule has 1 saturated heterocycles. The maximum absolute atomic E-state index is 12.6. The number of carbonyl (C=O) groups excluding carboxylic acids is 2. The summed E-state index contributed by atoms with van der Waals surface area (Å²) in [6, 6.07) is 12.0. The molecule has 2 aliphatic carbocycles. The van der Waals surface area contributed by atoms with Gasteiger partial charge in [-0.15, -0.1) is 0 Å². The molecule has 0 unspecified atom stereocenters. The highest BCUT2D eigenvalue weighted by atomic mass is 35.5. The number of hydrogen-bond donors (Lipinski definition) is 0. The van der Waals surface area contributed by atoms with Crippen LogP contribution in [0.25, 0.3) is 0 Å². The number of ether oxygens (including phenoxy) is 4. The van der Waals surface area contributed by atoms with Gasteiger partial charge in [-0.3, -0.25) is 0 Å². The van der Waals surface area contributed by atoms with Gasteiger partial charge in [-0.05, 0) is 131 Å². The molecule has 256 valence electrons. The third-order valence-electron chi connectivity index (χ3n) is 10.9. The normalized spacial score (nSPS) is 27.1. The number of methoxy groups -OCH3 is 1. The number of rotatable bonds is 7. The number of fused-ring (bicyclic) bond motifs is 3. The molecule has 8 nitrogen and oxygen atoms in total. The molecule has 2 fully saturated rings. The van der Waals surface area contributed by atoms with Crippen molar-refractivity contribution >= 4 is 29.4 Å². The average molecular weight is 667 g/mol. The number of amides is 1. The van der Waals surface area contributed by atoms with E-state index in [4.69, 9.17) is 30.5 Å². The molecule has 0 bridgehead atoms. The predicted molar refractivity (Wildman–Crippen MR) is 184 cm³/mol. The van der Waals surface area contributed by atoms with E-state index in [1.54, 1.807) is 11.0 Å². The Bertz CT molecular complexity index is 1460. The zero-order chi connectivity index (χ0) is 33.3. The van der Waals surface area contributed by atoms with Gasteiger partial charge in [-0.1, -0.05) is 17.7 Å². The molecular formula is C38H51ClN2O6. The van der Waals surface area contributed by atoms with E-state index in [0.717, 1.165) is 87.5 Å². The second-order valence-corrected chi connectivity index (χ2v) is 15.7. The summed E-state index contributed by atoms with van der Waals surface area (Å²) in [7, 11) is 3.25. The number of anilines is 1. The quantitative estimate of drug-likeness (QED) is 0.281. The molecule has 5 atom stereocenters. The van der Waals surface area contributed by atoms with Crippen molar-refractivity contribution in [2.24, 2.45) is 17.8 Å². The monoisotopic (exact) mass is 666 g/mol. The highest BCUT2D eigenvalue weighted by Gasteiger charge is 2.45. The van der Waals surface area contributed by atoms with Crippen LogP contribution < -0.4 is 9.64 Å². The molecule has 2 aromatic rings. The second-order valence-electron chi connectivity index (χ2n) is 15.3. The molecule has 4 aliphatic rings. The summed E-state index contributed by atoms with van der Waals surface area (Å²) < 4.78 is 23.7. The molecule has 47 heavy (non-hydrogen) atoms. The number of esters is 1. The van der Waals surface area contributed by atoms with Gasteiger partial charge < -0.3 is 28.7 Å². The highest BCUT2D eigenvalue weighted by Crippen LogP contribution is 2.48. The maximum atomic E-state index is 12.6. The van der Waals surface area contributed by atoms with Crippen LogP contribution in [0.1, 0.15) is 87.2 Å². The first kappa shape index (κ1) is 33.9. The van der Waals surface area contributed by atoms with E-state index in [0.29, 0.717) is 36.5 Å². The van der Waals surface area contributed by atoms with E-state index < -0.39 is 5.60 Å². The molecule has 0 N–H and O–H groups in total. The van der Waals surface area contributed by atoms with Crippen LogP contribution in [-0.4, -0.2) is 75.7 Å². The third kappa shape index (κ3) is 7.54. The van der Waals surface area contributed by atoms with Crippen LogP contribution in [0.15, 0.2) is 36.4 Å². The van der Waals surface area contributed by atoms with Crippen molar-refractivity contribution in [3.63, 3.8) is 0 Å². The fraction of sp³-hybridized carbons (Fsp3) is 0.632. The lowest BCUT2D eigenvalue weighted by Crippen LogP contribution is -2.50. The lowest BCUT2D eigenvalue weighted by atomic mass is 9.67. The van der Waals surface area contributed by atoms with Gasteiger partial charge >= 0.3 is 12.1 Å². The second kappa shape index (κ2) is 13.9. The Kier molecular flexibility index (Phi) is 10.0. The zero-order valence-electron chi connectivity index (χ0n) is 28.7. The van der Waals surface area contributed by atoms with E-state index in [1.165, 1.54) is 18.2 Å². The minimum absolute atomic E-state index is 0.172. The number of aryl methyl sites for hydroxylation is 1. The molecule has 2 aromatic carbocycles. The Morgan fingerprint density at radius 3 is 2.70 bits per heavy atom. The van der Waals surface area contributed by atoms with Crippen molar-refractivity contribution in [1.29, 1.82) is 0 Å². The van der Waals surface area contributed by atoms with Crippen LogP contribution in [0.5, 0.6) is 5.75 Å². The Balaban J connectivity index is 1.19. The first-order valence-electron chi connectivity index (χ1n) is 17.4. The van der Waals surface area contributed by atoms with Crippen molar-refractivity contribution in [1.82, 2.24) is 4.90 Å². The summed E-state index contributed by atoms with van der Waals surface area (Å²) >= 11 is 6.45. The number of nitrogens with zero attached hydrogens (tertiary/aromatic N) is 2. The van der Waals surface area contributed by atoms with Gasteiger partial charge in [0.2, 0.25) is 0 Å². The summed E-state index contributed by atoms with van der Waals surface area (Å²) in [5, 5.41) is 0.776. The molecule has 1 amide bonds. The molecule has 6 rings (SSSR count). The molecule has 0 aromatic heterocycles. The van der Waals surface area contributed by atoms with Gasteiger partial charge in [-0.25, -0.2) is 9.59 Å². The van der Waals surface area contributed by atoms with Crippen LogP contribution in [0.3, 0.4) is 0 Å². The third-order valence-corrected chi connectivity index (χ3v) is 11.1. The van der Waals surface area contributed by atoms with Crippen molar-refractivity contribution in [3.8, 4) is 5.75 Å². The minimum Gasteiger partial charge on any atom is -0.490 e. The Labute approximate surface area is 285 Å². The standard InChI is InChI=1S/C38H51ClN2O6/c1-37(2,3)47-36(43)40(4)17-14-25-15-18-45-34(19-25)30-11-8-28(30)22-41-23-38(16-6-7-26-20-29(39)10-12-31(26)38)24-46-33-13-9-27(21-32(33)41)35(42)44-5/h9-10,12-13,20-21,25,28,30,34H,6-8,11,14-19,22-24H2,1-5H3/t25-,28+,30-,34-,38-/m0/s1. The summed E-state index contributed by atoms with van der Waals surface area (Å²) in [6.45, 7) is 9.42. The summed E-state index contributed by atoms with van der Waals surface area (Å²) in [4.78, 5) is 29.3. The lowest BCUT2D eigenvalue weighted by molar-refractivity contribution is -0.0839. The maximum Gasteiger partial charge on any atom is 0.410 e. The fourth-order valence-electron chi connectivity index (χ4n) is 8.22. The average Bonchev–Trinajstić information content (AvgIpc) is 3.17. The zero-order valence-corrected chi connectivity index (χ0v) is 29.4. The number of halogens is 1. The summed E-state index contributed by atoms with van der Waals surface area (Å²) in [6.07, 6.45) is 8.40. The van der Waals surface area contributed by atoms with Crippen LogP contribution >= 0.6 is 11.6 Å². The van der Waals surface area contributed by atoms with Gasteiger partial charge in [-0.2, -0.15) is 0 Å². The first-order chi connectivity index (χ1) is 22.4. The largest absolute Gasteiger partial charge is 0.490 e. The SMILES string of the molecule is COC(=O)c1ccc2c(c1)N(C[C@H]1CC[C@@H]1[C@@H]1C[C@@H](CCN(C)C(=O)OC(C)(C)C)CCO1)C[C@@]1(CCCc3cc(Cl)ccc31)CO2. The Morgan fingerprint density at radius 1 is 1.13 bits per heavy atom. The van der Waals surface area contributed by atoms with Gasteiger partial charge in [0.15, 0.2) is 0 Å². The minimum atomic E-state index is -0.497. The Hall–Kier alpha value is -2.97. The van der Waals surface area contributed by atoms with Crippen molar-refractivity contribution < 1.29 is 28.5 Å². The smallest absolute Gasteiger partial charge is 0.410 e.